The molecule has 0 atom stereocenters. The van der Waals surface area contributed by atoms with Crippen LogP contribution in [-0.2, 0) is 24.9 Å². The van der Waals surface area contributed by atoms with Crippen LogP contribution in [-0.4, -0.2) is 20.9 Å². The van der Waals surface area contributed by atoms with Crippen LogP contribution in [0.15, 0.2) is 109 Å². The maximum absolute atomic E-state index is 10.0. The van der Waals surface area contributed by atoms with E-state index < -0.39 is 0 Å². The summed E-state index contributed by atoms with van der Waals surface area (Å²) in [7, 11) is 0. The Hall–Kier alpha value is -3.40. The van der Waals surface area contributed by atoms with Crippen molar-refractivity contribution in [3.05, 3.63) is 121 Å². The fourth-order valence-electron chi connectivity index (χ4n) is 2.44. The van der Waals surface area contributed by atoms with Gasteiger partial charge in [0, 0.05) is 38.6 Å². The average molecular weight is 601 g/mol. The smallest absolute Gasteiger partial charge is 0.155 e. The van der Waals surface area contributed by atoms with Gasteiger partial charge in [-0.1, -0.05) is 24.3 Å². The molecule has 0 fully saturated rings. The number of allylic oxidation sites excluding steroid dienone is 2. The number of aliphatic hydroxyl groups excluding tert-OH is 1. The molecule has 32 heavy (non-hydrogen) atoms. The van der Waals surface area contributed by atoms with E-state index in [0.717, 1.165) is 22.5 Å². The Bertz CT molecular complexity index is 902. The van der Waals surface area contributed by atoms with Gasteiger partial charge in [-0.25, -0.2) is 0 Å². The Kier molecular flexibility index (Phi) is 12.8. The zero-order chi connectivity index (χ0) is 22.3. The summed E-state index contributed by atoms with van der Waals surface area (Å²) in [5.41, 5.74) is 4.02. The quantitative estimate of drug-likeness (QED) is 0.175. The minimum Gasteiger partial charge on any atom is -0.512 e. The third-order valence-corrected chi connectivity index (χ3v) is 3.71. The summed E-state index contributed by atoms with van der Waals surface area (Å²) in [6, 6.07) is 33.6. The van der Waals surface area contributed by atoms with Crippen molar-refractivity contribution in [2.45, 2.75) is 13.8 Å². The van der Waals surface area contributed by atoms with Gasteiger partial charge in [-0.05, 0) is 37.4 Å². The Morgan fingerprint density at radius 3 is 1.44 bits per heavy atom. The van der Waals surface area contributed by atoms with Crippen LogP contribution in [0.25, 0.3) is 22.5 Å². The maximum Gasteiger partial charge on any atom is 0.155 e. The van der Waals surface area contributed by atoms with Gasteiger partial charge in [-0.15, -0.1) is 71.8 Å². The summed E-state index contributed by atoms with van der Waals surface area (Å²) in [6.45, 7) is 2.85. The van der Waals surface area contributed by atoms with E-state index in [9.17, 15) is 4.79 Å². The number of rotatable bonds is 3. The molecule has 4 rings (SSSR count). The molecule has 1 radical (unpaired) electrons. The van der Waals surface area contributed by atoms with E-state index in [1.807, 2.05) is 84.9 Å². The molecular weight excluding hydrogens is 577 g/mol. The molecule has 0 saturated heterocycles. The fraction of sp³-hybridized carbons (Fsp3) is 0.0741. The number of pyridine rings is 2. The van der Waals surface area contributed by atoms with Crippen LogP contribution in [0.3, 0.4) is 0 Å². The van der Waals surface area contributed by atoms with Gasteiger partial charge >= 0.3 is 0 Å². The zero-order valence-electron chi connectivity index (χ0n) is 17.9. The molecule has 0 amide bonds. The number of hydrogen-bond acceptors (Lipinski definition) is 4. The second-order valence-corrected chi connectivity index (χ2v) is 6.38. The molecular formula is C27H24IrN2O2-2. The summed E-state index contributed by atoms with van der Waals surface area (Å²) in [5.74, 6) is -0.0625. The Labute approximate surface area is 203 Å². The first-order chi connectivity index (χ1) is 15.1. The molecule has 0 saturated carbocycles. The van der Waals surface area contributed by atoms with Gasteiger partial charge in [0.25, 0.3) is 0 Å². The monoisotopic (exact) mass is 601 g/mol. The SMILES string of the molecule is CC(=O)C=C(C)O.[Ir].[c-]1ccccc1-c1ccccn1.[c-]1ccccc1-c1ccccn1. The number of aliphatic hydroxyl groups is 1. The summed E-state index contributed by atoms with van der Waals surface area (Å²) in [6.07, 6.45) is 4.74. The molecule has 2 aromatic heterocycles. The molecule has 2 aromatic carbocycles. The van der Waals surface area contributed by atoms with Gasteiger partial charge in [-0.3, -0.25) is 4.79 Å². The first-order valence-corrected chi connectivity index (χ1v) is 9.70. The number of nitrogens with zero attached hydrogens (tertiary/aromatic N) is 2. The summed E-state index contributed by atoms with van der Waals surface area (Å²) in [5, 5.41) is 8.36. The number of carbonyl (C=O) groups is 1. The summed E-state index contributed by atoms with van der Waals surface area (Å²) >= 11 is 0. The largest absolute Gasteiger partial charge is 0.512 e. The van der Waals surface area contributed by atoms with Gasteiger partial charge in [0.1, 0.15) is 0 Å². The Balaban J connectivity index is 0.000000246. The first-order valence-electron chi connectivity index (χ1n) is 9.70. The van der Waals surface area contributed by atoms with Crippen LogP contribution >= 0.6 is 0 Å². The Morgan fingerprint density at radius 2 is 1.19 bits per heavy atom. The van der Waals surface area contributed by atoms with Crippen molar-refractivity contribution < 1.29 is 30.0 Å². The van der Waals surface area contributed by atoms with Crippen molar-refractivity contribution in [1.82, 2.24) is 9.97 Å². The van der Waals surface area contributed by atoms with Crippen molar-refractivity contribution in [3.8, 4) is 22.5 Å². The van der Waals surface area contributed by atoms with Gasteiger partial charge in [-0.2, -0.15) is 0 Å². The third kappa shape index (κ3) is 10.6. The fourth-order valence-corrected chi connectivity index (χ4v) is 2.44. The van der Waals surface area contributed by atoms with Gasteiger partial charge in [0.05, 0.1) is 5.76 Å². The van der Waals surface area contributed by atoms with Crippen LogP contribution < -0.4 is 0 Å². The number of benzene rings is 2. The molecule has 0 spiro atoms. The maximum atomic E-state index is 10.0. The predicted molar refractivity (Wildman–Crippen MR) is 124 cm³/mol. The van der Waals surface area contributed by atoms with E-state index in [0.29, 0.717) is 0 Å². The van der Waals surface area contributed by atoms with Crippen LogP contribution in [0.4, 0.5) is 0 Å². The molecule has 4 nitrogen and oxygen atoms in total. The summed E-state index contributed by atoms with van der Waals surface area (Å²) < 4.78 is 0. The van der Waals surface area contributed by atoms with Crippen LogP contribution in [0, 0.1) is 12.1 Å². The van der Waals surface area contributed by atoms with Crippen molar-refractivity contribution in [2.75, 3.05) is 0 Å². The van der Waals surface area contributed by atoms with E-state index >= 15 is 0 Å². The molecule has 0 unspecified atom stereocenters. The number of ketones is 1. The van der Waals surface area contributed by atoms with Gasteiger partial charge in [0.15, 0.2) is 5.78 Å². The minimum absolute atomic E-state index is 0. The number of carbonyl (C=O) groups excluding carboxylic acids is 1. The minimum atomic E-state index is -0.125. The van der Waals surface area contributed by atoms with Crippen molar-refractivity contribution in [2.24, 2.45) is 0 Å². The molecule has 0 aliphatic carbocycles. The first kappa shape index (κ1) is 26.6. The molecule has 2 heterocycles. The third-order valence-electron chi connectivity index (χ3n) is 3.71. The molecule has 0 aliphatic rings. The molecule has 165 valence electrons. The number of aromatic nitrogens is 2. The van der Waals surface area contributed by atoms with E-state index in [1.165, 1.54) is 19.9 Å². The van der Waals surface area contributed by atoms with Crippen LogP contribution in [0.5, 0.6) is 0 Å². The molecule has 0 bridgehead atoms. The van der Waals surface area contributed by atoms with Crippen molar-refractivity contribution in [1.29, 1.82) is 0 Å². The molecule has 0 aliphatic heterocycles. The van der Waals surface area contributed by atoms with E-state index in [1.54, 1.807) is 12.4 Å². The Morgan fingerprint density at radius 1 is 0.750 bits per heavy atom. The molecule has 1 N–H and O–H groups in total. The van der Waals surface area contributed by atoms with Crippen LogP contribution in [0.1, 0.15) is 13.8 Å². The van der Waals surface area contributed by atoms with Gasteiger partial charge in [0.2, 0.25) is 0 Å². The molecule has 5 heteroatoms. The van der Waals surface area contributed by atoms with E-state index in [2.05, 4.69) is 22.1 Å². The van der Waals surface area contributed by atoms with E-state index in [4.69, 9.17) is 5.11 Å². The van der Waals surface area contributed by atoms with Crippen LogP contribution in [0.2, 0.25) is 0 Å². The predicted octanol–water partition coefficient (Wildman–Crippen LogP) is 6.13. The second kappa shape index (κ2) is 15.4. The second-order valence-electron chi connectivity index (χ2n) is 6.38. The zero-order valence-corrected chi connectivity index (χ0v) is 20.3. The average Bonchev–Trinajstić information content (AvgIpc) is 2.81. The topological polar surface area (TPSA) is 63.1 Å². The number of hydrogen-bond donors (Lipinski definition) is 1. The van der Waals surface area contributed by atoms with Gasteiger partial charge < -0.3 is 15.1 Å². The molecule has 4 aromatic rings. The standard InChI is InChI=1S/2C11H8N.C5H8O2.Ir/c2*1-2-6-10(7-3-1)11-8-4-5-9-12-11;1-4(6)3-5(2)7;/h2*1-6,8-9H;3,6H,1-2H3;/q2*-1;;. The van der Waals surface area contributed by atoms with Crippen molar-refractivity contribution in [3.63, 3.8) is 0 Å². The van der Waals surface area contributed by atoms with E-state index in [-0.39, 0.29) is 31.6 Å². The van der Waals surface area contributed by atoms with Crippen molar-refractivity contribution >= 4 is 5.78 Å². The summed E-state index contributed by atoms with van der Waals surface area (Å²) in [4.78, 5) is 18.5. The normalized spacial score (nSPS) is 9.75.